The van der Waals surface area contributed by atoms with Gasteiger partial charge in [0.05, 0.1) is 10.6 Å². The van der Waals surface area contributed by atoms with E-state index in [1.165, 1.54) is 0 Å². The van der Waals surface area contributed by atoms with E-state index in [-0.39, 0.29) is 0 Å². The lowest BCUT2D eigenvalue weighted by atomic mass is 10.1. The maximum Gasteiger partial charge on any atom is 0.209 e. The molecule has 0 N–H and O–H groups in total. The average molecular weight is 510 g/mol. The summed E-state index contributed by atoms with van der Waals surface area (Å²) in [5.41, 5.74) is 5.44. The number of aryl methyl sites for hydroxylation is 1. The Morgan fingerprint density at radius 1 is 0.861 bits per heavy atom. The first kappa shape index (κ1) is 24.0. The van der Waals surface area contributed by atoms with Crippen LogP contribution in [0.25, 0.3) is 21.7 Å². The third-order valence-electron chi connectivity index (χ3n) is 6.27. The summed E-state index contributed by atoms with van der Waals surface area (Å²) in [6, 6.07) is 31.1. The molecule has 0 fully saturated rings. The maximum absolute atomic E-state index is 14.4. The molecule has 2 heterocycles. The van der Waals surface area contributed by atoms with Gasteiger partial charge in [-0.1, -0.05) is 90.5 Å². The van der Waals surface area contributed by atoms with Crippen LogP contribution in [0.15, 0.2) is 125 Å². The molecular formula is C31H27NO2S2. The predicted molar refractivity (Wildman–Crippen MR) is 149 cm³/mol. The molecular weight excluding hydrogens is 482 g/mol. The van der Waals surface area contributed by atoms with Crippen molar-refractivity contribution < 1.29 is 8.42 Å². The number of sulfone groups is 1. The van der Waals surface area contributed by atoms with Crippen LogP contribution in [0.4, 0.5) is 0 Å². The second-order valence-electron chi connectivity index (χ2n) is 8.72. The summed E-state index contributed by atoms with van der Waals surface area (Å²) in [7, 11) is -3.85. The molecule has 0 radical (unpaired) electrons. The summed E-state index contributed by atoms with van der Waals surface area (Å²) in [6.07, 6.45) is 2.44. The maximum atomic E-state index is 14.4. The van der Waals surface area contributed by atoms with Crippen molar-refractivity contribution >= 4 is 21.2 Å². The number of hydrogen-bond acceptors (Lipinski definition) is 3. The van der Waals surface area contributed by atoms with E-state index in [4.69, 9.17) is 0 Å². The van der Waals surface area contributed by atoms with Crippen LogP contribution in [0.3, 0.4) is 0 Å². The number of benzene rings is 3. The van der Waals surface area contributed by atoms with Gasteiger partial charge < -0.3 is 4.57 Å². The lowest BCUT2D eigenvalue weighted by Crippen LogP contribution is -2.07. The van der Waals surface area contributed by atoms with Crippen molar-refractivity contribution in [2.75, 3.05) is 0 Å². The first-order valence-electron chi connectivity index (χ1n) is 11.8. The summed E-state index contributed by atoms with van der Waals surface area (Å²) in [5, 5.41) is 2.00. The molecule has 0 bridgehead atoms. The molecule has 3 nitrogen and oxygen atoms in total. The fourth-order valence-electron chi connectivity index (χ4n) is 4.60. The predicted octanol–water partition coefficient (Wildman–Crippen LogP) is 7.80. The Kier molecular flexibility index (Phi) is 6.77. The van der Waals surface area contributed by atoms with Gasteiger partial charge in [0.2, 0.25) is 9.84 Å². The van der Waals surface area contributed by atoms with Crippen molar-refractivity contribution in [2.45, 2.75) is 29.7 Å². The molecule has 5 rings (SSSR count). The second-order valence-corrected chi connectivity index (χ2v) is 11.6. The zero-order valence-corrected chi connectivity index (χ0v) is 21.7. The van der Waals surface area contributed by atoms with E-state index in [9.17, 15) is 8.42 Å². The Bertz CT molecular complexity index is 1580. The van der Waals surface area contributed by atoms with Crippen molar-refractivity contribution in [2.24, 2.45) is 0 Å². The molecule has 180 valence electrons. The molecule has 5 heteroatoms. The molecule has 5 aromatic rings. The number of aromatic nitrogens is 1. The van der Waals surface area contributed by atoms with E-state index in [1.807, 2.05) is 91.2 Å². The molecule has 0 aliphatic heterocycles. The summed E-state index contributed by atoms with van der Waals surface area (Å²) in [6.45, 7) is 6.46. The highest BCUT2D eigenvalue weighted by Gasteiger charge is 2.34. The van der Waals surface area contributed by atoms with Gasteiger partial charge in [0.25, 0.3) is 0 Å². The molecule has 36 heavy (non-hydrogen) atoms. The van der Waals surface area contributed by atoms with Gasteiger partial charge >= 0.3 is 0 Å². The van der Waals surface area contributed by atoms with E-state index in [0.717, 1.165) is 32.8 Å². The fraction of sp³-hybridized carbons (Fsp3) is 0.0968. The largest absolute Gasteiger partial charge is 0.339 e. The molecule has 0 aliphatic carbocycles. The molecule has 0 saturated heterocycles. The molecule has 0 atom stereocenters. The number of thiophene rings is 1. The summed E-state index contributed by atoms with van der Waals surface area (Å²) in [5.74, 6) is 0. The van der Waals surface area contributed by atoms with E-state index in [1.54, 1.807) is 23.5 Å². The quantitative estimate of drug-likeness (QED) is 0.200. The Morgan fingerprint density at radius 3 is 2.14 bits per heavy atom. The van der Waals surface area contributed by atoms with Crippen LogP contribution in [-0.4, -0.2) is 13.0 Å². The highest BCUT2D eigenvalue weighted by molar-refractivity contribution is 7.91. The van der Waals surface area contributed by atoms with Crippen molar-refractivity contribution in [1.82, 2.24) is 4.57 Å². The minimum absolute atomic E-state index is 0.296. The molecule has 3 aromatic carbocycles. The monoisotopic (exact) mass is 509 g/mol. The van der Waals surface area contributed by atoms with Gasteiger partial charge in [-0.05, 0) is 41.6 Å². The summed E-state index contributed by atoms with van der Waals surface area (Å²) >= 11 is 1.56. The van der Waals surface area contributed by atoms with E-state index in [2.05, 4.69) is 23.3 Å². The number of rotatable bonds is 8. The van der Waals surface area contributed by atoms with Gasteiger partial charge in [-0.3, -0.25) is 0 Å². The fourth-order valence-corrected chi connectivity index (χ4v) is 7.17. The molecule has 0 unspecified atom stereocenters. The van der Waals surface area contributed by atoms with Crippen molar-refractivity contribution in [1.29, 1.82) is 0 Å². The van der Waals surface area contributed by atoms with Crippen molar-refractivity contribution in [3.05, 3.63) is 132 Å². The first-order valence-corrected chi connectivity index (χ1v) is 14.2. The molecule has 2 aromatic heterocycles. The highest BCUT2D eigenvalue weighted by Crippen LogP contribution is 2.45. The van der Waals surface area contributed by atoms with E-state index >= 15 is 0 Å². The zero-order chi connectivity index (χ0) is 25.1. The van der Waals surface area contributed by atoms with Crippen LogP contribution in [0.2, 0.25) is 0 Å². The normalized spacial score (nSPS) is 11.5. The van der Waals surface area contributed by atoms with Gasteiger partial charge in [0.15, 0.2) is 0 Å². The minimum Gasteiger partial charge on any atom is -0.339 e. The van der Waals surface area contributed by atoms with Crippen LogP contribution in [0, 0.1) is 6.92 Å². The van der Waals surface area contributed by atoms with Gasteiger partial charge in [-0.15, -0.1) is 17.9 Å². The van der Waals surface area contributed by atoms with Crippen molar-refractivity contribution in [3.63, 3.8) is 0 Å². The Hall–Kier alpha value is -3.67. The lowest BCUT2D eigenvalue weighted by molar-refractivity contribution is 0.596. The highest BCUT2D eigenvalue weighted by atomic mass is 32.2. The molecule has 0 amide bonds. The first-order chi connectivity index (χ1) is 17.5. The van der Waals surface area contributed by atoms with Crippen LogP contribution >= 0.6 is 11.3 Å². The Labute approximate surface area is 216 Å². The zero-order valence-electron chi connectivity index (χ0n) is 20.1. The van der Waals surface area contributed by atoms with Crippen LogP contribution in [0.1, 0.15) is 16.8 Å². The van der Waals surface area contributed by atoms with Gasteiger partial charge in [-0.2, -0.15) is 0 Å². The number of nitrogens with zero attached hydrogens (tertiary/aromatic N) is 1. The van der Waals surface area contributed by atoms with Crippen LogP contribution < -0.4 is 0 Å². The number of hydrogen-bond donors (Lipinski definition) is 0. The van der Waals surface area contributed by atoms with Gasteiger partial charge in [0.1, 0.15) is 4.90 Å². The van der Waals surface area contributed by atoms with Gasteiger partial charge in [0, 0.05) is 29.1 Å². The second kappa shape index (κ2) is 10.1. The van der Waals surface area contributed by atoms with Gasteiger partial charge in [-0.25, -0.2) is 8.42 Å². The topological polar surface area (TPSA) is 39.1 Å². The summed E-state index contributed by atoms with van der Waals surface area (Å²) < 4.78 is 31.0. The van der Waals surface area contributed by atoms with Crippen LogP contribution in [-0.2, 0) is 22.8 Å². The number of allylic oxidation sites excluding steroid dienone is 1. The minimum atomic E-state index is -3.85. The SMILES string of the molecule is C=CCn1c(Cc2ccccc2)c(-c2cccs2)c(S(=O)(=O)c2ccc(C)cc2)c1-c1ccccc1. The molecule has 0 saturated carbocycles. The smallest absolute Gasteiger partial charge is 0.209 e. The van der Waals surface area contributed by atoms with E-state index in [0.29, 0.717) is 28.5 Å². The average Bonchev–Trinajstić information content (AvgIpc) is 3.53. The molecule has 0 spiro atoms. The Morgan fingerprint density at radius 2 is 1.53 bits per heavy atom. The van der Waals surface area contributed by atoms with Crippen molar-refractivity contribution in [3.8, 4) is 21.7 Å². The van der Waals surface area contributed by atoms with E-state index < -0.39 is 9.84 Å². The summed E-state index contributed by atoms with van der Waals surface area (Å²) in [4.78, 5) is 1.59. The standard InChI is InChI=1S/C31H27NO2S2/c1-3-20-32-27(22-24-11-6-4-7-12-24)29(28-15-10-21-35-28)31(30(32)25-13-8-5-9-14-25)36(33,34)26-18-16-23(2)17-19-26/h3-19,21H,1,20,22H2,2H3. The lowest BCUT2D eigenvalue weighted by Gasteiger charge is -2.13. The Balaban J connectivity index is 1.91. The molecule has 0 aliphatic rings. The van der Waals surface area contributed by atoms with Crippen LogP contribution in [0.5, 0.6) is 0 Å². The third kappa shape index (κ3) is 4.48. The third-order valence-corrected chi connectivity index (χ3v) is 8.98.